The summed E-state index contributed by atoms with van der Waals surface area (Å²) in [6.45, 7) is 5.58. The first-order valence-corrected chi connectivity index (χ1v) is 15.0. The summed E-state index contributed by atoms with van der Waals surface area (Å²) >= 11 is 8.52. The summed E-state index contributed by atoms with van der Waals surface area (Å²) in [6, 6.07) is 21.0. The van der Waals surface area contributed by atoms with Crippen LogP contribution in [0.25, 0.3) is 0 Å². The van der Waals surface area contributed by atoms with Gasteiger partial charge in [0.05, 0.1) is 10.6 Å². The maximum absolute atomic E-state index is 13.9. The van der Waals surface area contributed by atoms with Crippen LogP contribution in [0.4, 0.5) is 5.69 Å². The first kappa shape index (κ1) is 29.9. The zero-order chi connectivity index (χ0) is 27.9. The monoisotopic (exact) mass is 667 g/mol. The molecule has 0 aliphatic carbocycles. The Labute approximate surface area is 243 Å². The maximum atomic E-state index is 13.9. The average molecular weight is 668 g/mol. The highest BCUT2D eigenvalue weighted by Gasteiger charge is 2.32. The highest BCUT2D eigenvalue weighted by molar-refractivity contribution is 14.1. The molecule has 0 saturated carbocycles. The van der Waals surface area contributed by atoms with E-state index in [2.05, 4.69) is 27.9 Å². The fourth-order valence-corrected chi connectivity index (χ4v) is 5.69. The fourth-order valence-electron chi connectivity index (χ4n) is 3.70. The topological polar surface area (TPSA) is 86.8 Å². The minimum atomic E-state index is -4.09. The molecule has 0 saturated heterocycles. The van der Waals surface area contributed by atoms with E-state index in [0.29, 0.717) is 22.8 Å². The minimum Gasteiger partial charge on any atom is -0.354 e. The fraction of sp³-hybridized carbons (Fsp3) is 0.286. The largest absolute Gasteiger partial charge is 0.354 e. The number of hydrogen-bond donors (Lipinski definition) is 1. The van der Waals surface area contributed by atoms with Crippen LogP contribution < -0.4 is 9.62 Å². The molecule has 0 heterocycles. The highest BCUT2D eigenvalue weighted by Crippen LogP contribution is 2.26. The Balaban J connectivity index is 2.00. The van der Waals surface area contributed by atoms with Crippen molar-refractivity contribution in [1.29, 1.82) is 0 Å². The third-order valence-electron chi connectivity index (χ3n) is 5.88. The van der Waals surface area contributed by atoms with Gasteiger partial charge in [-0.2, -0.15) is 0 Å². The van der Waals surface area contributed by atoms with Gasteiger partial charge in [-0.1, -0.05) is 61.8 Å². The molecule has 0 bridgehead atoms. The SMILES string of the molecule is CC(C)CNC(=O)C(C)N(Cc1ccccc1Cl)C(=O)CN(c1ccc(I)cc1)S(=O)(=O)c1ccccc1. The molecule has 0 aliphatic rings. The quantitative estimate of drug-likeness (QED) is 0.280. The summed E-state index contributed by atoms with van der Waals surface area (Å²) in [5, 5.41) is 3.32. The van der Waals surface area contributed by atoms with Crippen molar-refractivity contribution in [3.8, 4) is 0 Å². The van der Waals surface area contributed by atoms with Gasteiger partial charge >= 0.3 is 0 Å². The van der Waals surface area contributed by atoms with E-state index in [1.54, 1.807) is 73.7 Å². The number of amides is 2. The Kier molecular flexibility index (Phi) is 10.6. The second-order valence-electron chi connectivity index (χ2n) is 9.23. The minimum absolute atomic E-state index is 0.0423. The lowest BCUT2D eigenvalue weighted by atomic mass is 10.1. The van der Waals surface area contributed by atoms with Crippen molar-refractivity contribution in [2.75, 3.05) is 17.4 Å². The van der Waals surface area contributed by atoms with E-state index < -0.39 is 28.5 Å². The summed E-state index contributed by atoms with van der Waals surface area (Å²) in [6.07, 6.45) is 0. The van der Waals surface area contributed by atoms with E-state index >= 15 is 0 Å². The normalized spacial score (nSPS) is 12.2. The number of halogens is 2. The van der Waals surface area contributed by atoms with Gasteiger partial charge in [-0.3, -0.25) is 13.9 Å². The Morgan fingerprint density at radius 1 is 0.921 bits per heavy atom. The Morgan fingerprint density at radius 2 is 1.53 bits per heavy atom. The number of hydrogen-bond acceptors (Lipinski definition) is 4. The number of rotatable bonds is 11. The van der Waals surface area contributed by atoms with Gasteiger partial charge in [0.25, 0.3) is 10.0 Å². The summed E-state index contributed by atoms with van der Waals surface area (Å²) in [5.74, 6) is -0.632. The van der Waals surface area contributed by atoms with Crippen LogP contribution in [0.3, 0.4) is 0 Å². The van der Waals surface area contributed by atoms with Crippen molar-refractivity contribution >= 4 is 61.7 Å². The van der Waals surface area contributed by atoms with E-state index in [1.165, 1.54) is 17.0 Å². The molecule has 10 heteroatoms. The van der Waals surface area contributed by atoms with Gasteiger partial charge in [-0.15, -0.1) is 0 Å². The zero-order valence-corrected chi connectivity index (χ0v) is 25.2. The summed E-state index contributed by atoms with van der Waals surface area (Å²) in [4.78, 5) is 28.3. The van der Waals surface area contributed by atoms with Crippen molar-refractivity contribution in [3.05, 3.63) is 93.0 Å². The number of carbonyl (C=O) groups is 2. The molecule has 3 aromatic rings. The average Bonchev–Trinajstić information content (AvgIpc) is 2.90. The number of anilines is 1. The van der Waals surface area contributed by atoms with Gasteiger partial charge in [0, 0.05) is 21.7 Å². The van der Waals surface area contributed by atoms with Crippen molar-refractivity contribution in [3.63, 3.8) is 0 Å². The van der Waals surface area contributed by atoms with Crippen LogP contribution in [0.1, 0.15) is 26.3 Å². The lowest BCUT2D eigenvalue weighted by Gasteiger charge is -2.32. The molecule has 1 N–H and O–H groups in total. The van der Waals surface area contributed by atoms with E-state index in [9.17, 15) is 18.0 Å². The molecule has 38 heavy (non-hydrogen) atoms. The third kappa shape index (κ3) is 7.70. The van der Waals surface area contributed by atoms with Crippen LogP contribution in [-0.4, -0.2) is 44.3 Å². The predicted molar refractivity (Wildman–Crippen MR) is 159 cm³/mol. The van der Waals surface area contributed by atoms with Crippen LogP contribution in [0.15, 0.2) is 83.8 Å². The van der Waals surface area contributed by atoms with E-state index in [4.69, 9.17) is 11.6 Å². The van der Waals surface area contributed by atoms with Crippen molar-refractivity contribution in [2.45, 2.75) is 38.3 Å². The molecular formula is C28H31ClIN3O4S. The summed E-state index contributed by atoms with van der Waals surface area (Å²) < 4.78 is 29.4. The van der Waals surface area contributed by atoms with Crippen LogP contribution in [0.5, 0.6) is 0 Å². The van der Waals surface area contributed by atoms with Gasteiger partial charge in [0.2, 0.25) is 11.8 Å². The molecule has 3 aromatic carbocycles. The van der Waals surface area contributed by atoms with Gasteiger partial charge in [0.15, 0.2) is 0 Å². The van der Waals surface area contributed by atoms with Crippen LogP contribution >= 0.6 is 34.2 Å². The molecule has 202 valence electrons. The smallest absolute Gasteiger partial charge is 0.264 e. The molecular weight excluding hydrogens is 637 g/mol. The summed E-state index contributed by atoms with van der Waals surface area (Å²) in [5.41, 5.74) is 0.995. The molecule has 3 rings (SSSR count). The van der Waals surface area contributed by atoms with E-state index in [-0.39, 0.29) is 23.3 Å². The van der Waals surface area contributed by atoms with Gasteiger partial charge in [-0.05, 0) is 83.5 Å². The number of sulfonamides is 1. The molecule has 0 aliphatic heterocycles. The Hall–Kier alpha value is -2.63. The number of nitrogens with one attached hydrogen (secondary N) is 1. The molecule has 0 spiro atoms. The molecule has 1 atom stereocenters. The van der Waals surface area contributed by atoms with Gasteiger partial charge < -0.3 is 10.2 Å². The first-order chi connectivity index (χ1) is 18.0. The molecule has 1 unspecified atom stereocenters. The van der Waals surface area contributed by atoms with Crippen LogP contribution in [-0.2, 0) is 26.2 Å². The standard InChI is InChI=1S/C28H31ClIN3O4S/c1-20(2)17-31-28(35)21(3)32(18-22-9-7-8-12-26(22)29)27(34)19-33(24-15-13-23(30)14-16-24)38(36,37)25-10-5-4-6-11-25/h4-16,20-21H,17-19H2,1-3H3,(H,31,35). The van der Waals surface area contributed by atoms with E-state index in [0.717, 1.165) is 7.88 Å². The van der Waals surface area contributed by atoms with Crippen molar-refractivity contribution in [2.24, 2.45) is 5.92 Å². The van der Waals surface area contributed by atoms with E-state index in [1.807, 2.05) is 13.8 Å². The predicted octanol–water partition coefficient (Wildman–Crippen LogP) is 5.33. The van der Waals surface area contributed by atoms with Crippen LogP contribution in [0.2, 0.25) is 5.02 Å². The van der Waals surface area contributed by atoms with Crippen molar-refractivity contribution < 1.29 is 18.0 Å². The highest BCUT2D eigenvalue weighted by atomic mass is 127. The number of carbonyl (C=O) groups excluding carboxylic acids is 2. The zero-order valence-electron chi connectivity index (χ0n) is 21.5. The first-order valence-electron chi connectivity index (χ1n) is 12.1. The third-order valence-corrected chi connectivity index (χ3v) is 8.75. The molecule has 0 fully saturated rings. The maximum Gasteiger partial charge on any atom is 0.264 e. The summed E-state index contributed by atoms with van der Waals surface area (Å²) in [7, 11) is -4.09. The lowest BCUT2D eigenvalue weighted by molar-refractivity contribution is -0.139. The molecule has 7 nitrogen and oxygen atoms in total. The Bertz CT molecular complexity index is 1350. The Morgan fingerprint density at radius 3 is 2.13 bits per heavy atom. The molecule has 2 amide bonds. The van der Waals surface area contributed by atoms with Gasteiger partial charge in [0.1, 0.15) is 12.6 Å². The second kappa shape index (κ2) is 13.4. The van der Waals surface area contributed by atoms with Gasteiger partial charge in [-0.25, -0.2) is 8.42 Å². The second-order valence-corrected chi connectivity index (χ2v) is 12.7. The van der Waals surface area contributed by atoms with Crippen LogP contribution in [0, 0.1) is 9.49 Å². The number of benzene rings is 3. The molecule has 0 aromatic heterocycles. The molecule has 0 radical (unpaired) electrons. The lowest BCUT2D eigenvalue weighted by Crippen LogP contribution is -2.51. The van der Waals surface area contributed by atoms with Crippen molar-refractivity contribution in [1.82, 2.24) is 10.2 Å². The number of nitrogens with zero attached hydrogens (tertiary/aromatic N) is 2.